The third-order valence-electron chi connectivity index (χ3n) is 1.25. The first-order valence-corrected chi connectivity index (χ1v) is 7.28. The summed E-state index contributed by atoms with van der Waals surface area (Å²) in [6, 6.07) is 6.49. The lowest BCUT2D eigenvalue weighted by molar-refractivity contribution is 0.343. The fourth-order valence-corrected chi connectivity index (χ4v) is 1.73. The molecule has 0 aliphatic rings. The molecule has 6 heteroatoms. The highest BCUT2D eigenvalue weighted by atomic mass is 79.9. The van der Waals surface area contributed by atoms with E-state index in [0.717, 1.165) is 0 Å². The third-order valence-corrected chi connectivity index (χ3v) is 3.67. The van der Waals surface area contributed by atoms with Gasteiger partial charge in [-0.25, -0.2) is 4.57 Å². The summed E-state index contributed by atoms with van der Waals surface area (Å²) in [5.74, 6) is 0.437. The van der Waals surface area contributed by atoms with E-state index in [9.17, 15) is 4.57 Å². The van der Waals surface area contributed by atoms with E-state index < -0.39 is 6.30 Å². The van der Waals surface area contributed by atoms with Crippen LogP contribution in [0.25, 0.3) is 0 Å². The molecule has 1 aromatic carbocycles. The van der Waals surface area contributed by atoms with Gasteiger partial charge in [-0.05, 0) is 24.3 Å². The minimum atomic E-state index is -3.14. The Hall–Kier alpha value is -0.0200. The van der Waals surface area contributed by atoms with Crippen LogP contribution in [0.1, 0.15) is 0 Å². The second-order valence-electron chi connectivity index (χ2n) is 2.16. The predicted octanol–water partition coefficient (Wildman–Crippen LogP) is 3.87. The van der Waals surface area contributed by atoms with Crippen molar-refractivity contribution in [2.24, 2.45) is 0 Å². The average Bonchev–Trinajstić information content (AvgIpc) is 2.09. The molecule has 1 unspecified atom stereocenters. The molecule has 1 atom stereocenters. The van der Waals surface area contributed by atoms with Gasteiger partial charge in [0.2, 0.25) is 0 Å². The molecule has 0 aliphatic heterocycles. The smallest absolute Gasteiger partial charge is 0.417 e. The van der Waals surface area contributed by atoms with Gasteiger partial charge in [-0.2, -0.15) is 0 Å². The largest absolute Gasteiger partial charge is 0.446 e. The molecule has 0 fully saturated rings. The first-order valence-electron chi connectivity index (χ1n) is 3.34. The van der Waals surface area contributed by atoms with Gasteiger partial charge in [0.25, 0.3) is 0 Å². The van der Waals surface area contributed by atoms with Crippen LogP contribution in [-0.2, 0) is 9.09 Å². The van der Waals surface area contributed by atoms with Crippen molar-refractivity contribution in [2.45, 2.75) is 0 Å². The van der Waals surface area contributed by atoms with E-state index in [1.54, 1.807) is 24.3 Å². The summed E-state index contributed by atoms with van der Waals surface area (Å²) < 4.78 is 20.9. The molecule has 1 rings (SSSR count). The van der Waals surface area contributed by atoms with Crippen LogP contribution in [0.15, 0.2) is 24.3 Å². The van der Waals surface area contributed by atoms with E-state index in [1.807, 2.05) is 0 Å². The quantitative estimate of drug-likeness (QED) is 0.791. The first-order chi connectivity index (χ1) is 6.03. The van der Waals surface area contributed by atoms with Crippen LogP contribution in [0, 0.1) is 0 Å². The van der Waals surface area contributed by atoms with Gasteiger partial charge in [0.1, 0.15) is 5.75 Å². The first kappa shape index (κ1) is 11.1. The lowest BCUT2D eigenvalue weighted by Gasteiger charge is -2.09. The molecular formula is C7H7BrClO3P. The van der Waals surface area contributed by atoms with Gasteiger partial charge in [-0.1, -0.05) is 11.6 Å². The molecule has 72 valence electrons. The summed E-state index contributed by atoms with van der Waals surface area (Å²) >= 11 is 8.46. The molecule has 0 saturated heterocycles. The van der Waals surface area contributed by atoms with Crippen molar-refractivity contribution in [3.8, 4) is 5.75 Å². The summed E-state index contributed by atoms with van der Waals surface area (Å²) in [5, 5.41) is 0.592. The fourth-order valence-electron chi connectivity index (χ4n) is 0.659. The highest BCUT2D eigenvalue weighted by Gasteiger charge is 2.18. The summed E-state index contributed by atoms with van der Waals surface area (Å²) in [6.07, 6.45) is -3.14. The Bertz CT molecular complexity index is 327. The van der Waals surface area contributed by atoms with Gasteiger partial charge < -0.3 is 4.52 Å². The van der Waals surface area contributed by atoms with Gasteiger partial charge >= 0.3 is 6.30 Å². The highest BCUT2D eigenvalue weighted by Crippen LogP contribution is 2.54. The third kappa shape index (κ3) is 3.69. The molecule has 0 N–H and O–H groups in total. The molecular weight excluding hydrogens is 278 g/mol. The molecule has 0 bridgehead atoms. The molecule has 13 heavy (non-hydrogen) atoms. The van der Waals surface area contributed by atoms with Gasteiger partial charge in [0.05, 0.1) is 15.5 Å². The Morgan fingerprint density at radius 1 is 1.38 bits per heavy atom. The minimum absolute atomic E-state index is 0.437. The Morgan fingerprint density at radius 2 is 1.92 bits per heavy atom. The van der Waals surface area contributed by atoms with Crippen molar-refractivity contribution in [2.75, 3.05) is 7.11 Å². The van der Waals surface area contributed by atoms with Crippen LogP contribution in [0.5, 0.6) is 5.75 Å². The second-order valence-corrected chi connectivity index (χ2v) is 6.61. The van der Waals surface area contributed by atoms with Crippen molar-refractivity contribution >= 4 is 33.4 Å². The van der Waals surface area contributed by atoms with Gasteiger partial charge in [0, 0.05) is 12.1 Å². The van der Waals surface area contributed by atoms with Crippen molar-refractivity contribution in [3.05, 3.63) is 29.3 Å². The summed E-state index contributed by atoms with van der Waals surface area (Å²) in [5.41, 5.74) is 0. The maximum Gasteiger partial charge on any atom is 0.446 e. The normalized spacial score (nSPS) is 15.0. The van der Waals surface area contributed by atoms with Crippen LogP contribution in [0.3, 0.4) is 0 Å². The van der Waals surface area contributed by atoms with Crippen molar-refractivity contribution in [1.29, 1.82) is 0 Å². The molecule has 0 radical (unpaired) electrons. The maximum atomic E-state index is 11.3. The summed E-state index contributed by atoms with van der Waals surface area (Å²) in [6.45, 7) is 0. The standard InChI is InChI=1S/C7H7BrClO3P/c1-11-13(8,10)12-7-4-2-6(9)3-5-7/h2-5H,1H3. The zero-order valence-corrected chi connectivity index (χ0v) is 9.97. The van der Waals surface area contributed by atoms with E-state index >= 15 is 0 Å². The maximum absolute atomic E-state index is 11.3. The van der Waals surface area contributed by atoms with Crippen LogP contribution in [0.2, 0.25) is 5.02 Å². The Kier molecular flexibility index (Phi) is 3.80. The molecule has 0 heterocycles. The molecule has 1 aromatic rings. The SMILES string of the molecule is COP(=O)(Br)Oc1ccc(Cl)cc1. The average molecular weight is 285 g/mol. The van der Waals surface area contributed by atoms with Crippen molar-refractivity contribution < 1.29 is 13.6 Å². The van der Waals surface area contributed by atoms with E-state index in [0.29, 0.717) is 10.8 Å². The summed E-state index contributed by atoms with van der Waals surface area (Å²) in [7, 11) is 1.30. The van der Waals surface area contributed by atoms with Crippen LogP contribution in [-0.4, -0.2) is 7.11 Å². The topological polar surface area (TPSA) is 35.5 Å². The lowest BCUT2D eigenvalue weighted by Crippen LogP contribution is -1.87. The zero-order valence-electron chi connectivity index (χ0n) is 6.74. The van der Waals surface area contributed by atoms with Gasteiger partial charge in [-0.15, -0.1) is 0 Å². The molecule has 0 spiro atoms. The van der Waals surface area contributed by atoms with E-state index in [2.05, 4.69) is 20.0 Å². The van der Waals surface area contributed by atoms with Crippen molar-refractivity contribution in [3.63, 3.8) is 0 Å². The zero-order chi connectivity index (χ0) is 9.90. The Labute approximate surface area is 89.3 Å². The number of hydrogen-bond donors (Lipinski definition) is 0. The van der Waals surface area contributed by atoms with Crippen LogP contribution < -0.4 is 4.52 Å². The monoisotopic (exact) mass is 284 g/mol. The summed E-state index contributed by atoms with van der Waals surface area (Å²) in [4.78, 5) is 0. The van der Waals surface area contributed by atoms with E-state index in [-0.39, 0.29) is 0 Å². The number of benzene rings is 1. The second kappa shape index (κ2) is 4.47. The van der Waals surface area contributed by atoms with Crippen molar-refractivity contribution in [1.82, 2.24) is 0 Å². The van der Waals surface area contributed by atoms with Crippen LogP contribution >= 0.6 is 33.4 Å². The Balaban J connectivity index is 2.75. The highest BCUT2D eigenvalue weighted by molar-refractivity contribution is 9.39. The van der Waals surface area contributed by atoms with Gasteiger partial charge in [-0.3, -0.25) is 4.52 Å². The molecule has 0 aliphatic carbocycles. The minimum Gasteiger partial charge on any atom is -0.417 e. The molecule has 0 aromatic heterocycles. The van der Waals surface area contributed by atoms with Gasteiger partial charge in [0.15, 0.2) is 0 Å². The molecule has 0 saturated carbocycles. The number of hydrogen-bond acceptors (Lipinski definition) is 3. The van der Waals surface area contributed by atoms with E-state index in [1.165, 1.54) is 7.11 Å². The number of halogens is 2. The number of rotatable bonds is 3. The lowest BCUT2D eigenvalue weighted by atomic mass is 10.3. The Morgan fingerprint density at radius 3 is 2.38 bits per heavy atom. The molecule has 3 nitrogen and oxygen atoms in total. The van der Waals surface area contributed by atoms with Crippen LogP contribution in [0.4, 0.5) is 0 Å². The molecule has 0 amide bonds. The fraction of sp³-hybridized carbons (Fsp3) is 0.143. The van der Waals surface area contributed by atoms with E-state index in [4.69, 9.17) is 16.1 Å². The predicted molar refractivity (Wildman–Crippen MR) is 55.6 cm³/mol.